The highest BCUT2D eigenvalue weighted by molar-refractivity contribution is 5.94. The maximum absolute atomic E-state index is 13.1. The zero-order valence-corrected chi connectivity index (χ0v) is 13.0. The maximum Gasteiger partial charge on any atom is 0.338 e. The highest BCUT2D eigenvalue weighted by atomic mass is 19.3. The molecule has 0 aromatic heterocycles. The lowest BCUT2D eigenvalue weighted by Gasteiger charge is -2.31. The summed E-state index contributed by atoms with van der Waals surface area (Å²) in [5.41, 5.74) is 0.952. The van der Waals surface area contributed by atoms with Gasteiger partial charge in [-0.05, 0) is 31.2 Å². The molecule has 23 heavy (non-hydrogen) atoms. The van der Waals surface area contributed by atoms with E-state index in [1.807, 2.05) is 0 Å². The highest BCUT2D eigenvalue weighted by Crippen LogP contribution is 2.27. The molecule has 0 atom stereocenters. The first-order valence-electron chi connectivity index (χ1n) is 7.57. The van der Waals surface area contributed by atoms with Crippen LogP contribution >= 0.6 is 0 Å². The molecule has 1 N–H and O–H groups in total. The molecule has 0 unspecified atom stereocenters. The number of carbonyl (C=O) groups is 2. The third kappa shape index (κ3) is 5.28. The largest absolute Gasteiger partial charge is 0.462 e. The number of rotatable bonds is 5. The van der Waals surface area contributed by atoms with Gasteiger partial charge in [0.25, 0.3) is 5.92 Å². The third-order valence-electron chi connectivity index (χ3n) is 3.63. The Hall–Kier alpha value is -2.02. The van der Waals surface area contributed by atoms with Gasteiger partial charge in [-0.15, -0.1) is 0 Å². The lowest BCUT2D eigenvalue weighted by molar-refractivity contribution is -0.119. The van der Waals surface area contributed by atoms with Crippen molar-refractivity contribution in [3.05, 3.63) is 29.8 Å². The average Bonchev–Trinajstić information content (AvgIpc) is 2.50. The molecule has 126 valence electrons. The molecule has 7 heteroatoms. The first kappa shape index (κ1) is 17.3. The molecule has 5 nitrogen and oxygen atoms in total. The summed E-state index contributed by atoms with van der Waals surface area (Å²) in [5.74, 6) is -3.30. The number of alkyl halides is 2. The molecule has 0 saturated carbocycles. The van der Waals surface area contributed by atoms with Crippen molar-refractivity contribution in [2.45, 2.75) is 25.7 Å². The second-order valence-electron chi connectivity index (χ2n) is 5.48. The maximum atomic E-state index is 13.1. The number of benzene rings is 1. The predicted octanol–water partition coefficient (Wildman–Crippen LogP) is 2.53. The zero-order chi connectivity index (χ0) is 16.9. The lowest BCUT2D eigenvalue weighted by Crippen LogP contribution is -2.42. The molecule has 0 aliphatic carbocycles. The van der Waals surface area contributed by atoms with E-state index in [9.17, 15) is 18.4 Å². The van der Waals surface area contributed by atoms with Crippen LogP contribution in [0.4, 0.5) is 14.5 Å². The van der Waals surface area contributed by atoms with Gasteiger partial charge in [-0.2, -0.15) is 0 Å². The third-order valence-corrected chi connectivity index (χ3v) is 3.63. The van der Waals surface area contributed by atoms with Crippen LogP contribution in [0.15, 0.2) is 24.3 Å². The summed E-state index contributed by atoms with van der Waals surface area (Å²) in [4.78, 5) is 25.2. The fourth-order valence-corrected chi connectivity index (χ4v) is 2.35. The Kier molecular flexibility index (Phi) is 5.65. The number of carbonyl (C=O) groups excluding carboxylic acids is 2. The van der Waals surface area contributed by atoms with Gasteiger partial charge in [-0.1, -0.05) is 0 Å². The number of nitrogens with one attached hydrogen (secondary N) is 1. The van der Waals surface area contributed by atoms with E-state index < -0.39 is 11.9 Å². The number of hydrogen-bond donors (Lipinski definition) is 1. The monoisotopic (exact) mass is 326 g/mol. The SMILES string of the molecule is CCOC(=O)c1ccc(NC(=O)CN2CCC(F)(F)CC2)cc1. The van der Waals surface area contributed by atoms with Crippen LogP contribution < -0.4 is 5.32 Å². The molecule has 1 heterocycles. The van der Waals surface area contributed by atoms with E-state index in [1.54, 1.807) is 36.1 Å². The van der Waals surface area contributed by atoms with Gasteiger partial charge in [0.2, 0.25) is 5.91 Å². The smallest absolute Gasteiger partial charge is 0.338 e. The van der Waals surface area contributed by atoms with Gasteiger partial charge in [0.1, 0.15) is 0 Å². The molecular formula is C16H20F2N2O3. The molecule has 1 saturated heterocycles. The Labute approximate surface area is 133 Å². The lowest BCUT2D eigenvalue weighted by atomic mass is 10.1. The van der Waals surface area contributed by atoms with Crippen LogP contribution in [0, 0.1) is 0 Å². The van der Waals surface area contributed by atoms with Gasteiger partial charge in [0.05, 0.1) is 18.7 Å². The summed E-state index contributed by atoms with van der Waals surface area (Å²) in [6, 6.07) is 6.34. The van der Waals surface area contributed by atoms with Crippen LogP contribution in [-0.2, 0) is 9.53 Å². The number of hydrogen-bond acceptors (Lipinski definition) is 4. The average molecular weight is 326 g/mol. The number of anilines is 1. The molecule has 1 aliphatic heterocycles. The number of halogens is 2. The van der Waals surface area contributed by atoms with E-state index in [0.29, 0.717) is 17.9 Å². The van der Waals surface area contributed by atoms with E-state index in [2.05, 4.69) is 5.32 Å². The summed E-state index contributed by atoms with van der Waals surface area (Å²) in [6.07, 6.45) is -0.428. The Bertz CT molecular complexity index is 551. The van der Waals surface area contributed by atoms with Crippen molar-refractivity contribution >= 4 is 17.6 Å². The number of likely N-dealkylation sites (tertiary alicyclic amines) is 1. The molecule has 2 rings (SSSR count). The summed E-state index contributed by atoms with van der Waals surface area (Å²) < 4.78 is 31.0. The zero-order valence-electron chi connectivity index (χ0n) is 13.0. The van der Waals surface area contributed by atoms with E-state index in [0.717, 1.165) is 0 Å². The topological polar surface area (TPSA) is 58.6 Å². The molecule has 0 bridgehead atoms. The van der Waals surface area contributed by atoms with Crippen LogP contribution in [0.1, 0.15) is 30.1 Å². The second kappa shape index (κ2) is 7.50. The fourth-order valence-electron chi connectivity index (χ4n) is 2.35. The standard InChI is InChI=1S/C16H20F2N2O3/c1-2-23-15(22)12-3-5-13(6-4-12)19-14(21)11-20-9-7-16(17,18)8-10-20/h3-6H,2,7-11H2,1H3,(H,19,21). The molecule has 0 radical (unpaired) electrons. The van der Waals surface area contributed by atoms with Gasteiger partial charge in [0.15, 0.2) is 0 Å². The summed E-state index contributed by atoms with van der Waals surface area (Å²) in [5, 5.41) is 2.69. The Morgan fingerprint density at radius 1 is 1.22 bits per heavy atom. The minimum atomic E-state index is -2.62. The Morgan fingerprint density at radius 2 is 1.83 bits per heavy atom. The first-order valence-corrected chi connectivity index (χ1v) is 7.57. The quantitative estimate of drug-likeness (QED) is 0.845. The number of amides is 1. The van der Waals surface area contributed by atoms with Crippen LogP contribution in [0.5, 0.6) is 0 Å². The predicted molar refractivity (Wildman–Crippen MR) is 81.6 cm³/mol. The summed E-state index contributed by atoms with van der Waals surface area (Å²) in [7, 11) is 0. The Balaban J connectivity index is 1.82. The van der Waals surface area contributed by atoms with Crippen LogP contribution in [-0.4, -0.2) is 48.9 Å². The summed E-state index contributed by atoms with van der Waals surface area (Å²) >= 11 is 0. The van der Waals surface area contributed by atoms with Crippen LogP contribution in [0.25, 0.3) is 0 Å². The van der Waals surface area contributed by atoms with Crippen molar-refractivity contribution in [3.63, 3.8) is 0 Å². The van der Waals surface area contributed by atoms with Crippen molar-refractivity contribution in [1.82, 2.24) is 4.90 Å². The number of ether oxygens (including phenoxy) is 1. The molecular weight excluding hydrogens is 306 g/mol. The van der Waals surface area contributed by atoms with Crippen LogP contribution in [0.3, 0.4) is 0 Å². The van der Waals surface area contributed by atoms with Gasteiger partial charge >= 0.3 is 5.97 Å². The van der Waals surface area contributed by atoms with Gasteiger partial charge in [0, 0.05) is 31.6 Å². The van der Waals surface area contributed by atoms with Crippen molar-refractivity contribution in [1.29, 1.82) is 0 Å². The van der Waals surface area contributed by atoms with Crippen molar-refractivity contribution in [2.75, 3.05) is 31.6 Å². The second-order valence-corrected chi connectivity index (χ2v) is 5.48. The molecule has 1 fully saturated rings. The number of esters is 1. The molecule has 1 aliphatic rings. The molecule has 1 aromatic carbocycles. The van der Waals surface area contributed by atoms with E-state index in [1.165, 1.54) is 0 Å². The minimum Gasteiger partial charge on any atom is -0.462 e. The van der Waals surface area contributed by atoms with Gasteiger partial charge < -0.3 is 10.1 Å². The van der Waals surface area contributed by atoms with Crippen LogP contribution in [0.2, 0.25) is 0 Å². The van der Waals surface area contributed by atoms with Gasteiger partial charge in [-0.25, -0.2) is 13.6 Å². The van der Waals surface area contributed by atoms with Crippen molar-refractivity contribution in [3.8, 4) is 0 Å². The normalized spacial score (nSPS) is 17.5. The number of nitrogens with zero attached hydrogens (tertiary/aromatic N) is 1. The van der Waals surface area contributed by atoms with E-state index >= 15 is 0 Å². The Morgan fingerprint density at radius 3 is 2.39 bits per heavy atom. The number of piperidine rings is 1. The van der Waals surface area contributed by atoms with Crippen molar-refractivity contribution in [2.24, 2.45) is 0 Å². The van der Waals surface area contributed by atoms with E-state index in [-0.39, 0.29) is 38.4 Å². The molecule has 0 spiro atoms. The highest BCUT2D eigenvalue weighted by Gasteiger charge is 2.34. The van der Waals surface area contributed by atoms with Crippen molar-refractivity contribution < 1.29 is 23.1 Å². The molecule has 1 amide bonds. The first-order chi connectivity index (χ1) is 10.9. The van der Waals surface area contributed by atoms with Gasteiger partial charge in [-0.3, -0.25) is 9.69 Å². The summed E-state index contributed by atoms with van der Waals surface area (Å²) in [6.45, 7) is 2.52. The minimum absolute atomic E-state index is 0.0791. The van der Waals surface area contributed by atoms with E-state index in [4.69, 9.17) is 4.74 Å². The fraction of sp³-hybridized carbons (Fsp3) is 0.500. The molecule has 1 aromatic rings.